The minimum atomic E-state index is -0.396. The Hall–Kier alpha value is -1.84. The van der Waals surface area contributed by atoms with Crippen LogP contribution in [0.15, 0.2) is 60.7 Å². The first-order chi connectivity index (χ1) is 12.4. The molecule has 4 heteroatoms. The predicted molar refractivity (Wildman–Crippen MR) is 115 cm³/mol. The molecule has 148 valence electrons. The van der Waals surface area contributed by atoms with Crippen LogP contribution in [0.5, 0.6) is 0 Å². The van der Waals surface area contributed by atoms with Crippen LogP contribution in [-0.2, 0) is 14.9 Å². The topological polar surface area (TPSA) is 29.5 Å². The molecule has 2 aromatic carbocycles. The molecule has 0 N–H and O–H groups in total. The highest BCUT2D eigenvalue weighted by molar-refractivity contribution is 5.85. The zero-order chi connectivity index (χ0) is 19.2. The van der Waals surface area contributed by atoms with Gasteiger partial charge in [-0.05, 0) is 45.0 Å². The summed E-state index contributed by atoms with van der Waals surface area (Å²) in [5, 5.41) is 0. The van der Waals surface area contributed by atoms with E-state index in [4.69, 9.17) is 4.74 Å². The first kappa shape index (κ1) is 23.2. The summed E-state index contributed by atoms with van der Waals surface area (Å²) in [6.45, 7) is 5.81. The molecule has 0 aromatic heterocycles. The molecule has 0 radical (unpaired) electrons. The molecule has 0 aliphatic rings. The van der Waals surface area contributed by atoms with Gasteiger partial charge in [0.15, 0.2) is 0 Å². The second kappa shape index (κ2) is 10.5. The molecule has 2 rings (SSSR count). The van der Waals surface area contributed by atoms with Gasteiger partial charge in [-0.3, -0.25) is 4.79 Å². The van der Waals surface area contributed by atoms with Crippen LogP contribution in [-0.4, -0.2) is 37.1 Å². The van der Waals surface area contributed by atoms with E-state index in [2.05, 4.69) is 81.4 Å². The lowest BCUT2D eigenvalue weighted by molar-refractivity contribution is -0.150. The van der Waals surface area contributed by atoms with Crippen LogP contribution < -0.4 is 0 Å². The average molecular weight is 390 g/mol. The molecule has 2 atom stereocenters. The Morgan fingerprint density at radius 2 is 1.44 bits per heavy atom. The van der Waals surface area contributed by atoms with Crippen molar-refractivity contribution in [1.82, 2.24) is 4.90 Å². The highest BCUT2D eigenvalue weighted by atomic mass is 35.5. The summed E-state index contributed by atoms with van der Waals surface area (Å²) in [6.07, 6.45) is 1.38. The lowest BCUT2D eigenvalue weighted by atomic mass is 9.66. The normalized spacial score (nSPS) is 13.6. The van der Waals surface area contributed by atoms with Crippen molar-refractivity contribution in [3.05, 3.63) is 71.8 Å². The van der Waals surface area contributed by atoms with Gasteiger partial charge in [-0.2, -0.15) is 0 Å². The maximum absolute atomic E-state index is 11.9. The summed E-state index contributed by atoms with van der Waals surface area (Å²) in [5.41, 5.74) is 1.98. The van der Waals surface area contributed by atoms with Crippen molar-refractivity contribution < 1.29 is 9.53 Å². The fraction of sp³-hybridized carbons (Fsp3) is 0.435. The highest BCUT2D eigenvalue weighted by Gasteiger charge is 2.44. The average Bonchev–Trinajstić information content (AvgIpc) is 2.65. The number of carbonyl (C=O) groups excluding carboxylic acids is 1. The molecule has 0 amide bonds. The number of hydrogen-bond acceptors (Lipinski definition) is 3. The Morgan fingerprint density at radius 3 is 1.78 bits per heavy atom. The van der Waals surface area contributed by atoms with Crippen molar-refractivity contribution >= 4 is 18.4 Å². The molecule has 0 aliphatic heterocycles. The monoisotopic (exact) mass is 389 g/mol. The van der Waals surface area contributed by atoms with Gasteiger partial charge in [0.05, 0.1) is 5.41 Å². The zero-order valence-electron chi connectivity index (χ0n) is 17.0. The Balaban J connectivity index is 0.00000364. The van der Waals surface area contributed by atoms with Crippen LogP contribution in [0, 0.1) is 0 Å². The quantitative estimate of drug-likeness (QED) is 0.590. The van der Waals surface area contributed by atoms with Crippen molar-refractivity contribution in [3.63, 3.8) is 0 Å². The molecule has 0 heterocycles. The third kappa shape index (κ3) is 5.33. The molecule has 0 saturated heterocycles. The standard InChI is InChI=1S/C23H31NO2.ClH/c1-6-22(26-19(3)25)23(17-18(2)24(4)5,20-13-9-7-10-14-20)21-15-11-8-12-16-21;/h7-16,18,22H,6,17H2,1-5H3;1H/t18-,22-;/m0./s1. The molecular weight excluding hydrogens is 358 g/mol. The van der Waals surface area contributed by atoms with Crippen LogP contribution in [0.2, 0.25) is 0 Å². The summed E-state index contributed by atoms with van der Waals surface area (Å²) in [4.78, 5) is 14.1. The van der Waals surface area contributed by atoms with Gasteiger partial charge < -0.3 is 9.64 Å². The molecule has 27 heavy (non-hydrogen) atoms. The largest absolute Gasteiger partial charge is 0.461 e. The zero-order valence-corrected chi connectivity index (χ0v) is 17.8. The number of benzene rings is 2. The molecule has 0 saturated carbocycles. The molecule has 0 aliphatic carbocycles. The van der Waals surface area contributed by atoms with E-state index in [-0.39, 0.29) is 24.5 Å². The second-order valence-electron chi connectivity index (χ2n) is 7.23. The number of nitrogens with zero attached hydrogens (tertiary/aromatic N) is 1. The van der Waals surface area contributed by atoms with Crippen LogP contribution >= 0.6 is 12.4 Å². The number of rotatable bonds is 8. The summed E-state index contributed by atoms with van der Waals surface area (Å²) >= 11 is 0. The van der Waals surface area contributed by atoms with Crippen LogP contribution in [0.4, 0.5) is 0 Å². The summed E-state index contributed by atoms with van der Waals surface area (Å²) in [5.74, 6) is -0.231. The highest BCUT2D eigenvalue weighted by Crippen LogP contribution is 2.43. The van der Waals surface area contributed by atoms with Crippen LogP contribution in [0.3, 0.4) is 0 Å². The van der Waals surface area contributed by atoms with Gasteiger partial charge in [0.1, 0.15) is 6.10 Å². The molecule has 2 aromatic rings. The predicted octanol–water partition coefficient (Wildman–Crippen LogP) is 5.08. The van der Waals surface area contributed by atoms with Crippen LogP contribution in [0.25, 0.3) is 0 Å². The fourth-order valence-electron chi connectivity index (χ4n) is 3.76. The number of halogens is 1. The van der Waals surface area contributed by atoms with E-state index in [1.54, 1.807) is 0 Å². The third-order valence-electron chi connectivity index (χ3n) is 5.31. The van der Waals surface area contributed by atoms with Gasteiger partial charge in [-0.25, -0.2) is 0 Å². The van der Waals surface area contributed by atoms with Gasteiger partial charge in [-0.15, -0.1) is 12.4 Å². The number of carbonyl (C=O) groups is 1. The van der Waals surface area contributed by atoms with E-state index in [1.165, 1.54) is 18.1 Å². The number of ether oxygens (including phenoxy) is 1. The van der Waals surface area contributed by atoms with Crippen molar-refractivity contribution in [2.75, 3.05) is 14.1 Å². The lowest BCUT2D eigenvalue weighted by Gasteiger charge is -2.43. The van der Waals surface area contributed by atoms with Crippen molar-refractivity contribution in [2.24, 2.45) is 0 Å². The van der Waals surface area contributed by atoms with Gasteiger partial charge in [-0.1, -0.05) is 67.6 Å². The summed E-state index contributed by atoms with van der Waals surface area (Å²) in [6, 6.07) is 21.2. The Morgan fingerprint density at radius 1 is 1.00 bits per heavy atom. The van der Waals surface area contributed by atoms with Crippen LogP contribution in [0.1, 0.15) is 44.7 Å². The Labute approximate surface area is 170 Å². The Kier molecular flexibility index (Phi) is 9.01. The van der Waals surface area contributed by atoms with Crippen molar-refractivity contribution in [2.45, 2.75) is 51.2 Å². The lowest BCUT2D eigenvalue weighted by Crippen LogP contribution is -2.47. The van der Waals surface area contributed by atoms with E-state index in [0.29, 0.717) is 6.04 Å². The van der Waals surface area contributed by atoms with E-state index >= 15 is 0 Å². The minimum absolute atomic E-state index is 0. The van der Waals surface area contributed by atoms with E-state index < -0.39 is 5.41 Å². The van der Waals surface area contributed by atoms with Gasteiger partial charge in [0, 0.05) is 13.0 Å². The first-order valence-electron chi connectivity index (χ1n) is 9.36. The molecule has 0 unspecified atom stereocenters. The maximum Gasteiger partial charge on any atom is 0.302 e. The molecule has 0 fully saturated rings. The fourth-order valence-corrected chi connectivity index (χ4v) is 3.76. The minimum Gasteiger partial charge on any atom is -0.461 e. The third-order valence-corrected chi connectivity index (χ3v) is 5.31. The smallest absolute Gasteiger partial charge is 0.302 e. The van der Waals surface area contributed by atoms with E-state index in [0.717, 1.165) is 12.8 Å². The summed E-state index contributed by atoms with van der Waals surface area (Å²) < 4.78 is 5.90. The number of esters is 1. The van der Waals surface area contributed by atoms with Gasteiger partial charge >= 0.3 is 5.97 Å². The maximum atomic E-state index is 11.9. The van der Waals surface area contributed by atoms with E-state index in [9.17, 15) is 4.79 Å². The number of hydrogen-bond donors (Lipinski definition) is 0. The SMILES string of the molecule is CC[C@H](OC(C)=O)C(C[C@H](C)N(C)C)(c1ccccc1)c1ccccc1.Cl. The van der Waals surface area contributed by atoms with Gasteiger partial charge in [0.25, 0.3) is 0 Å². The first-order valence-corrected chi connectivity index (χ1v) is 9.36. The van der Waals surface area contributed by atoms with Crippen molar-refractivity contribution in [1.29, 1.82) is 0 Å². The van der Waals surface area contributed by atoms with E-state index in [1.807, 2.05) is 12.1 Å². The second-order valence-corrected chi connectivity index (χ2v) is 7.23. The molecule has 0 spiro atoms. The molecule has 0 bridgehead atoms. The molecule has 3 nitrogen and oxygen atoms in total. The summed E-state index contributed by atoms with van der Waals surface area (Å²) in [7, 11) is 4.19. The molecular formula is C23H32ClNO2. The van der Waals surface area contributed by atoms with Crippen molar-refractivity contribution in [3.8, 4) is 0 Å². The Bertz CT molecular complexity index is 649. The van der Waals surface area contributed by atoms with Gasteiger partial charge in [0.2, 0.25) is 0 Å².